The Labute approximate surface area is 165 Å². The number of nitrogens with zero attached hydrogens (tertiary/aromatic N) is 2. The third-order valence-electron chi connectivity index (χ3n) is 4.06. The number of amides is 1. The third kappa shape index (κ3) is 4.83. The Morgan fingerprint density at radius 3 is 2.75 bits per heavy atom. The molecule has 0 bridgehead atoms. The number of carbonyl (C=O) groups is 1. The van der Waals surface area contributed by atoms with E-state index >= 15 is 0 Å². The SMILES string of the molecule is CSCC[C@@H](NC(=O)c1ccccc1F)c1cc(=O)[nH]c(-c2ccccn2)n1. The molecule has 0 aliphatic heterocycles. The van der Waals surface area contributed by atoms with E-state index in [1.165, 1.54) is 24.3 Å². The molecule has 28 heavy (non-hydrogen) atoms. The molecule has 1 amide bonds. The summed E-state index contributed by atoms with van der Waals surface area (Å²) in [5, 5.41) is 2.80. The zero-order chi connectivity index (χ0) is 19.9. The van der Waals surface area contributed by atoms with E-state index in [4.69, 9.17) is 0 Å². The minimum absolute atomic E-state index is 0.0496. The largest absolute Gasteiger partial charge is 0.344 e. The van der Waals surface area contributed by atoms with Crippen molar-refractivity contribution in [1.29, 1.82) is 0 Å². The van der Waals surface area contributed by atoms with Crippen LogP contribution in [0.2, 0.25) is 0 Å². The molecular formula is C20H19FN4O2S. The first-order chi connectivity index (χ1) is 13.6. The topological polar surface area (TPSA) is 87.7 Å². The average Bonchev–Trinajstić information content (AvgIpc) is 2.71. The van der Waals surface area contributed by atoms with Gasteiger partial charge in [0.2, 0.25) is 0 Å². The number of halogens is 1. The van der Waals surface area contributed by atoms with Crippen molar-refractivity contribution in [2.24, 2.45) is 0 Å². The van der Waals surface area contributed by atoms with Gasteiger partial charge in [-0.1, -0.05) is 18.2 Å². The zero-order valence-electron chi connectivity index (χ0n) is 15.2. The number of carbonyl (C=O) groups excluding carboxylic acids is 1. The number of hydrogen-bond acceptors (Lipinski definition) is 5. The molecule has 8 heteroatoms. The molecule has 6 nitrogen and oxygen atoms in total. The number of thioether (sulfide) groups is 1. The lowest BCUT2D eigenvalue weighted by Gasteiger charge is -2.18. The fourth-order valence-corrected chi connectivity index (χ4v) is 3.16. The minimum Gasteiger partial charge on any atom is -0.344 e. The molecular weight excluding hydrogens is 379 g/mol. The fourth-order valence-electron chi connectivity index (χ4n) is 2.69. The first-order valence-corrected chi connectivity index (χ1v) is 10.0. The first kappa shape index (κ1) is 19.8. The molecule has 3 aromatic rings. The zero-order valence-corrected chi connectivity index (χ0v) is 16.0. The maximum absolute atomic E-state index is 14.0. The van der Waals surface area contributed by atoms with Crippen molar-refractivity contribution < 1.29 is 9.18 Å². The number of hydrogen-bond donors (Lipinski definition) is 2. The second kappa shape index (κ2) is 9.27. The molecule has 1 aromatic carbocycles. The van der Waals surface area contributed by atoms with Crippen molar-refractivity contribution in [3.05, 3.63) is 82.2 Å². The van der Waals surface area contributed by atoms with E-state index in [0.717, 1.165) is 5.75 Å². The Hall–Kier alpha value is -3.00. The van der Waals surface area contributed by atoms with E-state index in [1.54, 1.807) is 42.2 Å². The second-order valence-corrected chi connectivity index (χ2v) is 7.01. The summed E-state index contributed by atoms with van der Waals surface area (Å²) in [6, 6.07) is 11.9. The number of H-pyrrole nitrogens is 1. The quantitative estimate of drug-likeness (QED) is 0.638. The van der Waals surface area contributed by atoms with Gasteiger partial charge in [0.1, 0.15) is 11.5 Å². The summed E-state index contributed by atoms with van der Waals surface area (Å²) in [4.78, 5) is 36.1. The van der Waals surface area contributed by atoms with Gasteiger partial charge in [-0.15, -0.1) is 0 Å². The summed E-state index contributed by atoms with van der Waals surface area (Å²) in [5.41, 5.74) is 0.528. The van der Waals surface area contributed by atoms with Crippen molar-refractivity contribution in [2.75, 3.05) is 12.0 Å². The first-order valence-electron chi connectivity index (χ1n) is 8.65. The lowest BCUT2D eigenvalue weighted by molar-refractivity contribution is 0.0931. The molecule has 0 unspecified atom stereocenters. The maximum Gasteiger partial charge on any atom is 0.254 e. The predicted octanol–water partition coefficient (Wildman–Crippen LogP) is 3.20. The smallest absolute Gasteiger partial charge is 0.254 e. The summed E-state index contributed by atoms with van der Waals surface area (Å²) in [6.07, 6.45) is 4.09. The number of aromatic amines is 1. The summed E-state index contributed by atoms with van der Waals surface area (Å²) in [7, 11) is 0. The van der Waals surface area contributed by atoms with Crippen LogP contribution in [-0.4, -0.2) is 32.9 Å². The van der Waals surface area contributed by atoms with Gasteiger partial charge in [0.15, 0.2) is 5.82 Å². The van der Waals surface area contributed by atoms with Crippen LogP contribution in [0.15, 0.2) is 59.5 Å². The van der Waals surface area contributed by atoms with Gasteiger partial charge in [0.25, 0.3) is 11.5 Å². The summed E-state index contributed by atoms with van der Waals surface area (Å²) < 4.78 is 14.0. The highest BCUT2D eigenvalue weighted by Gasteiger charge is 2.20. The van der Waals surface area contributed by atoms with Crippen LogP contribution < -0.4 is 10.9 Å². The molecule has 144 valence electrons. The van der Waals surface area contributed by atoms with Crippen LogP contribution in [0, 0.1) is 5.82 Å². The van der Waals surface area contributed by atoms with Crippen LogP contribution in [0.5, 0.6) is 0 Å². The Balaban J connectivity index is 1.93. The van der Waals surface area contributed by atoms with E-state index in [9.17, 15) is 14.0 Å². The van der Waals surface area contributed by atoms with Crippen LogP contribution in [0.25, 0.3) is 11.5 Å². The molecule has 0 saturated carbocycles. The van der Waals surface area contributed by atoms with E-state index in [0.29, 0.717) is 23.6 Å². The Morgan fingerprint density at radius 2 is 2.04 bits per heavy atom. The third-order valence-corrected chi connectivity index (χ3v) is 4.70. The van der Waals surface area contributed by atoms with Crippen molar-refractivity contribution in [3.8, 4) is 11.5 Å². The highest BCUT2D eigenvalue weighted by Crippen LogP contribution is 2.19. The minimum atomic E-state index is -0.600. The number of aromatic nitrogens is 3. The number of pyridine rings is 1. The van der Waals surface area contributed by atoms with Crippen molar-refractivity contribution in [1.82, 2.24) is 20.3 Å². The molecule has 0 radical (unpaired) electrons. The van der Waals surface area contributed by atoms with Crippen molar-refractivity contribution in [3.63, 3.8) is 0 Å². The molecule has 1 atom stereocenters. The number of nitrogens with one attached hydrogen (secondary N) is 2. The van der Waals surface area contributed by atoms with E-state index in [1.807, 2.05) is 6.26 Å². The highest BCUT2D eigenvalue weighted by molar-refractivity contribution is 7.98. The van der Waals surface area contributed by atoms with Gasteiger partial charge in [-0.2, -0.15) is 11.8 Å². The Kier molecular flexibility index (Phi) is 6.54. The van der Waals surface area contributed by atoms with Gasteiger partial charge in [0, 0.05) is 12.3 Å². The van der Waals surface area contributed by atoms with Gasteiger partial charge >= 0.3 is 0 Å². The van der Waals surface area contributed by atoms with Crippen LogP contribution in [-0.2, 0) is 0 Å². The van der Waals surface area contributed by atoms with Gasteiger partial charge in [0.05, 0.1) is 17.3 Å². The van der Waals surface area contributed by atoms with Gasteiger partial charge in [-0.05, 0) is 42.7 Å². The van der Waals surface area contributed by atoms with Crippen LogP contribution in [0.3, 0.4) is 0 Å². The predicted molar refractivity (Wildman–Crippen MR) is 108 cm³/mol. The molecule has 2 heterocycles. The molecule has 0 saturated heterocycles. The summed E-state index contributed by atoms with van der Waals surface area (Å²) >= 11 is 1.60. The standard InChI is InChI=1S/C20H19FN4O2S/c1-28-11-9-15(24-20(27)13-6-2-3-7-14(13)21)17-12-18(26)25-19(23-17)16-8-4-5-10-22-16/h2-8,10,12,15H,9,11H2,1H3,(H,24,27)(H,23,25,26)/t15-/m1/s1. The highest BCUT2D eigenvalue weighted by atomic mass is 32.2. The molecule has 0 aliphatic rings. The monoisotopic (exact) mass is 398 g/mol. The number of rotatable bonds is 7. The molecule has 3 rings (SSSR count). The van der Waals surface area contributed by atoms with E-state index < -0.39 is 17.8 Å². The normalized spacial score (nSPS) is 11.8. The number of benzene rings is 1. The Morgan fingerprint density at radius 1 is 1.25 bits per heavy atom. The molecule has 0 fully saturated rings. The summed E-state index contributed by atoms with van der Waals surface area (Å²) in [5.74, 6) is -0.102. The van der Waals surface area contributed by atoms with E-state index in [2.05, 4.69) is 20.3 Å². The maximum atomic E-state index is 14.0. The second-order valence-electron chi connectivity index (χ2n) is 6.02. The van der Waals surface area contributed by atoms with Crippen LogP contribution >= 0.6 is 11.8 Å². The molecule has 0 aliphatic carbocycles. The molecule has 0 spiro atoms. The van der Waals surface area contributed by atoms with Gasteiger partial charge < -0.3 is 10.3 Å². The van der Waals surface area contributed by atoms with Crippen LogP contribution in [0.4, 0.5) is 4.39 Å². The molecule has 2 aromatic heterocycles. The summed E-state index contributed by atoms with van der Waals surface area (Å²) in [6.45, 7) is 0. The average molecular weight is 398 g/mol. The Bertz CT molecular complexity index is 1010. The van der Waals surface area contributed by atoms with Crippen LogP contribution in [0.1, 0.15) is 28.5 Å². The lowest BCUT2D eigenvalue weighted by Crippen LogP contribution is -2.31. The lowest BCUT2D eigenvalue weighted by atomic mass is 10.1. The molecule has 2 N–H and O–H groups in total. The van der Waals surface area contributed by atoms with Crippen molar-refractivity contribution >= 4 is 17.7 Å². The van der Waals surface area contributed by atoms with E-state index in [-0.39, 0.29) is 11.1 Å². The van der Waals surface area contributed by atoms with Gasteiger partial charge in [-0.25, -0.2) is 9.37 Å². The van der Waals surface area contributed by atoms with Crippen molar-refractivity contribution in [2.45, 2.75) is 12.5 Å². The van der Waals surface area contributed by atoms with Gasteiger partial charge in [-0.3, -0.25) is 14.6 Å². The fraction of sp³-hybridized carbons (Fsp3) is 0.200.